The van der Waals surface area contributed by atoms with Crippen LogP contribution in [0.15, 0.2) is 6.20 Å². The maximum Gasteiger partial charge on any atom is 0.243 e. The molecule has 110 valence electrons. The monoisotopic (exact) mass is 295 g/mol. The van der Waals surface area contributed by atoms with Gasteiger partial charge in [-0.3, -0.25) is 9.59 Å². The molecule has 0 radical (unpaired) electrons. The van der Waals surface area contributed by atoms with Crippen LogP contribution in [0.1, 0.15) is 36.6 Å². The number of hydrogen-bond donors (Lipinski definition) is 1. The summed E-state index contributed by atoms with van der Waals surface area (Å²) >= 11 is 1.58. The molecule has 2 amide bonds. The average Bonchev–Trinajstić information content (AvgIpc) is 3.03. The summed E-state index contributed by atoms with van der Waals surface area (Å²) in [6.45, 7) is 6.86. The van der Waals surface area contributed by atoms with E-state index in [0.29, 0.717) is 13.1 Å². The van der Waals surface area contributed by atoms with Gasteiger partial charge in [-0.2, -0.15) is 0 Å². The zero-order valence-electron chi connectivity index (χ0n) is 12.2. The van der Waals surface area contributed by atoms with Gasteiger partial charge in [0.1, 0.15) is 6.04 Å². The van der Waals surface area contributed by atoms with E-state index in [2.05, 4.69) is 10.3 Å². The molecule has 5 nitrogen and oxygen atoms in total. The van der Waals surface area contributed by atoms with Crippen molar-refractivity contribution in [3.05, 3.63) is 16.1 Å². The average molecular weight is 295 g/mol. The summed E-state index contributed by atoms with van der Waals surface area (Å²) in [7, 11) is 0. The lowest BCUT2D eigenvalue weighted by Crippen LogP contribution is -2.47. The predicted octanol–water partition coefficient (Wildman–Crippen LogP) is 1.71. The van der Waals surface area contributed by atoms with Crippen molar-refractivity contribution >= 4 is 23.2 Å². The first-order valence-corrected chi connectivity index (χ1v) is 7.80. The van der Waals surface area contributed by atoms with Crippen molar-refractivity contribution < 1.29 is 9.59 Å². The van der Waals surface area contributed by atoms with Crippen molar-refractivity contribution in [3.63, 3.8) is 0 Å². The van der Waals surface area contributed by atoms with Crippen LogP contribution >= 0.6 is 11.3 Å². The highest BCUT2D eigenvalue weighted by atomic mass is 32.1. The molecule has 1 aromatic heterocycles. The fraction of sp³-hybridized carbons (Fsp3) is 0.643. The lowest BCUT2D eigenvalue weighted by Gasteiger charge is -2.25. The number of carbonyl (C=O) groups is 2. The fourth-order valence-corrected chi connectivity index (χ4v) is 3.15. The lowest BCUT2D eigenvalue weighted by atomic mass is 10.1. The lowest BCUT2D eigenvalue weighted by molar-refractivity contribution is -0.140. The predicted molar refractivity (Wildman–Crippen MR) is 78.3 cm³/mol. The molecule has 0 spiro atoms. The Morgan fingerprint density at radius 3 is 2.90 bits per heavy atom. The molecular weight excluding hydrogens is 274 g/mol. The van der Waals surface area contributed by atoms with Crippen LogP contribution in [-0.2, 0) is 16.1 Å². The van der Waals surface area contributed by atoms with E-state index in [4.69, 9.17) is 0 Å². The molecule has 1 fully saturated rings. The molecule has 0 saturated carbocycles. The third kappa shape index (κ3) is 3.36. The number of aryl methyl sites for hydroxylation is 1. The summed E-state index contributed by atoms with van der Waals surface area (Å²) in [5.41, 5.74) is 0. The van der Waals surface area contributed by atoms with E-state index in [1.54, 1.807) is 22.4 Å². The van der Waals surface area contributed by atoms with Crippen LogP contribution in [0.5, 0.6) is 0 Å². The van der Waals surface area contributed by atoms with E-state index in [1.807, 2.05) is 20.8 Å². The van der Waals surface area contributed by atoms with Crippen molar-refractivity contribution in [2.24, 2.45) is 5.92 Å². The molecule has 1 unspecified atom stereocenters. The number of amides is 2. The molecule has 0 bridgehead atoms. The molecule has 20 heavy (non-hydrogen) atoms. The van der Waals surface area contributed by atoms with E-state index in [9.17, 15) is 9.59 Å². The van der Waals surface area contributed by atoms with Gasteiger partial charge in [0.2, 0.25) is 11.8 Å². The Balaban J connectivity index is 1.92. The van der Waals surface area contributed by atoms with Crippen molar-refractivity contribution in [3.8, 4) is 0 Å². The van der Waals surface area contributed by atoms with Crippen LogP contribution in [0, 0.1) is 12.8 Å². The van der Waals surface area contributed by atoms with E-state index >= 15 is 0 Å². The van der Waals surface area contributed by atoms with Crippen molar-refractivity contribution in [1.82, 2.24) is 15.2 Å². The summed E-state index contributed by atoms with van der Waals surface area (Å²) in [6, 6.07) is -0.307. The number of thiazole rings is 1. The molecule has 6 heteroatoms. The number of likely N-dealkylation sites (tertiary alicyclic amines) is 1. The first-order chi connectivity index (χ1) is 9.49. The van der Waals surface area contributed by atoms with Gasteiger partial charge in [0.25, 0.3) is 0 Å². The zero-order chi connectivity index (χ0) is 14.7. The van der Waals surface area contributed by atoms with Crippen LogP contribution in [0.2, 0.25) is 0 Å². The van der Waals surface area contributed by atoms with Gasteiger partial charge >= 0.3 is 0 Å². The molecule has 1 aliphatic rings. The normalized spacial score (nSPS) is 18.6. The van der Waals surface area contributed by atoms with E-state index in [0.717, 1.165) is 22.7 Å². The van der Waals surface area contributed by atoms with E-state index < -0.39 is 0 Å². The Kier molecular flexibility index (Phi) is 4.75. The molecular formula is C14H21N3O2S. The minimum absolute atomic E-state index is 0.0532. The number of aromatic nitrogens is 1. The van der Waals surface area contributed by atoms with Crippen molar-refractivity contribution in [2.45, 2.75) is 46.2 Å². The van der Waals surface area contributed by atoms with Crippen molar-refractivity contribution in [1.29, 1.82) is 0 Å². The topological polar surface area (TPSA) is 62.3 Å². The smallest absolute Gasteiger partial charge is 0.243 e. The van der Waals surface area contributed by atoms with Crippen LogP contribution in [0.4, 0.5) is 0 Å². The Morgan fingerprint density at radius 2 is 2.30 bits per heavy atom. The van der Waals surface area contributed by atoms with Gasteiger partial charge in [-0.25, -0.2) is 4.98 Å². The second kappa shape index (κ2) is 6.35. The molecule has 1 N–H and O–H groups in total. The summed E-state index contributed by atoms with van der Waals surface area (Å²) in [5, 5.41) is 3.91. The second-order valence-corrected chi connectivity index (χ2v) is 6.73. The van der Waals surface area contributed by atoms with Gasteiger partial charge < -0.3 is 10.2 Å². The maximum absolute atomic E-state index is 12.2. The largest absolute Gasteiger partial charge is 0.349 e. The number of nitrogens with one attached hydrogen (secondary N) is 1. The minimum atomic E-state index is -0.307. The van der Waals surface area contributed by atoms with Gasteiger partial charge in [0.15, 0.2) is 0 Å². The van der Waals surface area contributed by atoms with E-state index in [1.165, 1.54) is 0 Å². The summed E-state index contributed by atoms with van der Waals surface area (Å²) in [6.07, 6.45) is 3.44. The summed E-state index contributed by atoms with van der Waals surface area (Å²) < 4.78 is 0. The van der Waals surface area contributed by atoms with Gasteiger partial charge in [0, 0.05) is 23.5 Å². The zero-order valence-corrected chi connectivity index (χ0v) is 13.0. The third-order valence-electron chi connectivity index (χ3n) is 3.44. The molecule has 1 aliphatic heterocycles. The maximum atomic E-state index is 12.2. The van der Waals surface area contributed by atoms with Gasteiger partial charge in [-0.1, -0.05) is 13.8 Å². The Morgan fingerprint density at radius 1 is 1.55 bits per heavy atom. The third-order valence-corrected chi connectivity index (χ3v) is 4.35. The Hall–Kier alpha value is -1.43. The van der Waals surface area contributed by atoms with E-state index in [-0.39, 0.29) is 23.8 Å². The minimum Gasteiger partial charge on any atom is -0.349 e. The molecule has 0 aromatic carbocycles. The van der Waals surface area contributed by atoms with Gasteiger partial charge in [-0.15, -0.1) is 11.3 Å². The molecule has 1 aromatic rings. The number of rotatable bonds is 4. The quantitative estimate of drug-likeness (QED) is 0.920. The number of nitrogens with zero attached hydrogens (tertiary/aromatic N) is 2. The Labute approximate surface area is 123 Å². The van der Waals surface area contributed by atoms with Crippen molar-refractivity contribution in [2.75, 3.05) is 6.54 Å². The molecule has 1 saturated heterocycles. The molecule has 2 heterocycles. The highest BCUT2D eigenvalue weighted by Crippen LogP contribution is 2.20. The van der Waals surface area contributed by atoms with Gasteiger partial charge in [-0.05, 0) is 19.8 Å². The number of hydrogen-bond acceptors (Lipinski definition) is 4. The summed E-state index contributed by atoms with van der Waals surface area (Å²) in [5.74, 6) is -0.0496. The molecule has 0 aliphatic carbocycles. The first-order valence-electron chi connectivity index (χ1n) is 6.98. The number of carbonyl (C=O) groups excluding carboxylic acids is 2. The van der Waals surface area contributed by atoms with Crippen LogP contribution in [-0.4, -0.2) is 34.3 Å². The Bertz CT molecular complexity index is 498. The SMILES string of the molecule is Cc1ncc(CNC(=O)C2CCCN2C(=O)C(C)C)s1. The summed E-state index contributed by atoms with van der Waals surface area (Å²) in [4.78, 5) is 31.2. The highest BCUT2D eigenvalue weighted by molar-refractivity contribution is 7.11. The van der Waals surface area contributed by atoms with Crippen LogP contribution < -0.4 is 5.32 Å². The molecule has 1 atom stereocenters. The van der Waals surface area contributed by atoms with Gasteiger partial charge in [0.05, 0.1) is 11.6 Å². The van der Waals surface area contributed by atoms with Crippen LogP contribution in [0.25, 0.3) is 0 Å². The first kappa shape index (κ1) is 15.0. The standard InChI is InChI=1S/C14H21N3O2S/c1-9(2)14(19)17-6-4-5-12(17)13(18)16-8-11-7-15-10(3)20-11/h7,9,12H,4-6,8H2,1-3H3,(H,16,18). The van der Waals surface area contributed by atoms with Crippen LogP contribution in [0.3, 0.4) is 0 Å². The highest BCUT2D eigenvalue weighted by Gasteiger charge is 2.34. The fourth-order valence-electron chi connectivity index (χ4n) is 2.41. The second-order valence-electron chi connectivity index (χ2n) is 5.41. The molecule has 2 rings (SSSR count).